The SMILES string of the molecule is COC1C(CO)=CC(n2c(Cl)cc3c(=O)c4c(O)c(C)cc(Cl)c4oc32)C(O)C1O. The molecule has 0 bridgehead atoms. The first-order valence-electron chi connectivity index (χ1n) is 9.06. The molecule has 10 heteroatoms. The number of rotatable bonds is 3. The number of aliphatic hydroxyl groups is 3. The predicted molar refractivity (Wildman–Crippen MR) is 111 cm³/mol. The van der Waals surface area contributed by atoms with Crippen LogP contribution in [0.1, 0.15) is 11.6 Å². The fourth-order valence-corrected chi connectivity index (χ4v) is 4.58. The van der Waals surface area contributed by atoms with E-state index in [0.717, 1.165) is 0 Å². The van der Waals surface area contributed by atoms with Gasteiger partial charge in [-0.1, -0.05) is 29.3 Å². The predicted octanol–water partition coefficient (Wildman–Crippen LogP) is 2.28. The molecule has 0 fully saturated rings. The molecule has 8 nitrogen and oxygen atoms in total. The monoisotopic (exact) mass is 455 g/mol. The summed E-state index contributed by atoms with van der Waals surface area (Å²) >= 11 is 12.6. The highest BCUT2D eigenvalue weighted by Crippen LogP contribution is 2.39. The third-order valence-corrected chi connectivity index (χ3v) is 6.08. The molecule has 1 aliphatic rings. The Bertz CT molecular complexity index is 1250. The molecule has 0 radical (unpaired) electrons. The number of aromatic nitrogens is 1. The van der Waals surface area contributed by atoms with Gasteiger partial charge in [0.05, 0.1) is 23.1 Å². The Labute approximate surface area is 180 Å². The van der Waals surface area contributed by atoms with E-state index < -0.39 is 36.4 Å². The maximum Gasteiger partial charge on any atom is 0.213 e. The average molecular weight is 456 g/mol. The zero-order valence-electron chi connectivity index (χ0n) is 16.0. The number of phenols is 1. The van der Waals surface area contributed by atoms with Gasteiger partial charge in [0.1, 0.15) is 34.6 Å². The summed E-state index contributed by atoms with van der Waals surface area (Å²) in [5.41, 5.74) is 0.190. The summed E-state index contributed by atoms with van der Waals surface area (Å²) in [6, 6.07) is 1.86. The zero-order valence-corrected chi connectivity index (χ0v) is 17.5. The van der Waals surface area contributed by atoms with Crippen molar-refractivity contribution >= 4 is 45.3 Å². The number of methoxy groups -OCH3 is 1. The summed E-state index contributed by atoms with van der Waals surface area (Å²) < 4.78 is 12.4. The second kappa shape index (κ2) is 7.56. The van der Waals surface area contributed by atoms with Crippen LogP contribution in [0.15, 0.2) is 33.0 Å². The molecule has 2 aromatic heterocycles. The molecule has 0 saturated heterocycles. The number of aryl methyl sites for hydroxylation is 1. The van der Waals surface area contributed by atoms with E-state index in [9.17, 15) is 25.2 Å². The van der Waals surface area contributed by atoms with Crippen molar-refractivity contribution in [2.75, 3.05) is 13.7 Å². The molecule has 0 amide bonds. The van der Waals surface area contributed by atoms with Gasteiger partial charge in [-0.15, -0.1) is 0 Å². The molecule has 30 heavy (non-hydrogen) atoms. The standard InChI is InChI=1S/C20H19Cl2NO7/c1-7-3-10(21)19-13(14(7)25)15(26)9-5-12(22)23(20(9)30-19)11-4-8(6-24)18(29-2)17(28)16(11)27/h3-5,11,16-18,24-25,27-28H,6H2,1-2H3. The minimum atomic E-state index is -1.37. The van der Waals surface area contributed by atoms with Gasteiger partial charge in [0.2, 0.25) is 11.1 Å². The summed E-state index contributed by atoms with van der Waals surface area (Å²) in [6.07, 6.45) is -2.12. The number of benzene rings is 1. The third-order valence-electron chi connectivity index (χ3n) is 5.51. The summed E-state index contributed by atoms with van der Waals surface area (Å²) in [6.45, 7) is 1.19. The van der Waals surface area contributed by atoms with E-state index in [2.05, 4.69) is 0 Å². The molecule has 4 unspecified atom stereocenters. The lowest BCUT2D eigenvalue weighted by atomic mass is 9.88. The maximum absolute atomic E-state index is 13.1. The first-order valence-corrected chi connectivity index (χ1v) is 9.82. The lowest BCUT2D eigenvalue weighted by molar-refractivity contribution is -0.0827. The van der Waals surface area contributed by atoms with Crippen LogP contribution < -0.4 is 5.43 Å². The largest absolute Gasteiger partial charge is 0.507 e. The summed E-state index contributed by atoms with van der Waals surface area (Å²) in [4.78, 5) is 13.1. The Kier molecular flexibility index (Phi) is 5.34. The number of nitrogens with zero attached hydrogens (tertiary/aromatic N) is 1. The summed E-state index contributed by atoms with van der Waals surface area (Å²) in [5, 5.41) is 41.4. The van der Waals surface area contributed by atoms with Crippen molar-refractivity contribution in [3.63, 3.8) is 0 Å². The van der Waals surface area contributed by atoms with E-state index in [-0.39, 0.29) is 38.0 Å². The van der Waals surface area contributed by atoms with Crippen molar-refractivity contribution in [1.29, 1.82) is 0 Å². The molecule has 0 aliphatic heterocycles. The second-order valence-corrected chi connectivity index (χ2v) is 8.04. The molecule has 0 spiro atoms. The highest BCUT2D eigenvalue weighted by atomic mass is 35.5. The quantitative estimate of drug-likeness (QED) is 0.446. The Morgan fingerprint density at radius 3 is 2.57 bits per heavy atom. The van der Waals surface area contributed by atoms with Crippen molar-refractivity contribution in [2.45, 2.75) is 31.3 Å². The van der Waals surface area contributed by atoms with Crippen molar-refractivity contribution in [2.24, 2.45) is 0 Å². The normalized spacial score (nSPS) is 24.6. The lowest BCUT2D eigenvalue weighted by Gasteiger charge is -2.36. The smallest absolute Gasteiger partial charge is 0.213 e. The van der Waals surface area contributed by atoms with Gasteiger partial charge in [-0.2, -0.15) is 0 Å². The van der Waals surface area contributed by atoms with Crippen LogP contribution in [0.3, 0.4) is 0 Å². The molecule has 1 aliphatic carbocycles. The Morgan fingerprint density at radius 2 is 1.93 bits per heavy atom. The van der Waals surface area contributed by atoms with Gasteiger partial charge < -0.3 is 29.6 Å². The fourth-order valence-electron chi connectivity index (χ4n) is 3.99. The van der Waals surface area contributed by atoms with Crippen molar-refractivity contribution in [3.05, 3.63) is 49.7 Å². The van der Waals surface area contributed by atoms with Crippen LogP contribution in [-0.4, -0.2) is 57.0 Å². The molecule has 4 N–H and O–H groups in total. The number of phenolic OH excluding ortho intramolecular Hbond substituents is 1. The van der Waals surface area contributed by atoms with Crippen LogP contribution in [0.5, 0.6) is 5.75 Å². The van der Waals surface area contributed by atoms with Gasteiger partial charge >= 0.3 is 0 Å². The molecule has 3 aromatic rings. The van der Waals surface area contributed by atoms with Gasteiger partial charge in [-0.05, 0) is 30.2 Å². The topological polar surface area (TPSA) is 125 Å². The average Bonchev–Trinajstić information content (AvgIpc) is 3.04. The Morgan fingerprint density at radius 1 is 1.23 bits per heavy atom. The highest BCUT2D eigenvalue weighted by molar-refractivity contribution is 6.35. The molecule has 2 heterocycles. The zero-order chi connectivity index (χ0) is 21.9. The van der Waals surface area contributed by atoms with Gasteiger partial charge in [0.15, 0.2) is 5.58 Å². The molecule has 160 valence electrons. The number of ether oxygens (including phenoxy) is 1. The minimum absolute atomic E-state index is 0.00306. The van der Waals surface area contributed by atoms with Crippen LogP contribution in [-0.2, 0) is 4.74 Å². The van der Waals surface area contributed by atoms with Crippen molar-refractivity contribution < 1.29 is 29.6 Å². The van der Waals surface area contributed by atoms with Gasteiger partial charge in [-0.3, -0.25) is 9.36 Å². The highest BCUT2D eigenvalue weighted by Gasteiger charge is 2.40. The first kappa shape index (κ1) is 21.2. The van der Waals surface area contributed by atoms with Crippen LogP contribution >= 0.6 is 23.2 Å². The summed E-state index contributed by atoms with van der Waals surface area (Å²) in [7, 11) is 1.35. The van der Waals surface area contributed by atoms with E-state index in [1.165, 1.54) is 29.9 Å². The maximum atomic E-state index is 13.1. The van der Waals surface area contributed by atoms with Crippen molar-refractivity contribution in [1.82, 2.24) is 4.57 Å². The van der Waals surface area contributed by atoms with Crippen LogP contribution in [0, 0.1) is 6.92 Å². The third kappa shape index (κ3) is 2.95. The van der Waals surface area contributed by atoms with Crippen LogP contribution in [0.2, 0.25) is 10.2 Å². The Hall–Kier alpha value is -2.07. The van der Waals surface area contributed by atoms with Gasteiger partial charge in [0.25, 0.3) is 0 Å². The second-order valence-electron chi connectivity index (χ2n) is 7.24. The molecule has 1 aromatic carbocycles. The first-order chi connectivity index (χ1) is 14.2. The Balaban J connectivity index is 2.05. The van der Waals surface area contributed by atoms with E-state index in [1.54, 1.807) is 6.92 Å². The van der Waals surface area contributed by atoms with Crippen LogP contribution in [0.4, 0.5) is 0 Å². The fraction of sp³-hybridized carbons (Fsp3) is 0.350. The minimum Gasteiger partial charge on any atom is -0.507 e. The summed E-state index contributed by atoms with van der Waals surface area (Å²) in [5.74, 6) is -0.243. The van der Waals surface area contributed by atoms with E-state index in [4.69, 9.17) is 32.4 Å². The van der Waals surface area contributed by atoms with Crippen LogP contribution in [0.25, 0.3) is 22.1 Å². The van der Waals surface area contributed by atoms with Crippen molar-refractivity contribution in [3.8, 4) is 5.75 Å². The number of aromatic hydroxyl groups is 1. The van der Waals surface area contributed by atoms with E-state index >= 15 is 0 Å². The van der Waals surface area contributed by atoms with E-state index in [0.29, 0.717) is 11.1 Å². The van der Waals surface area contributed by atoms with Gasteiger partial charge in [0, 0.05) is 7.11 Å². The lowest BCUT2D eigenvalue weighted by Crippen LogP contribution is -2.48. The molecule has 4 atom stereocenters. The molecular formula is C20H19Cl2NO7. The number of aliphatic hydroxyl groups excluding tert-OH is 3. The molecule has 0 saturated carbocycles. The molecule has 4 rings (SSSR count). The molecular weight excluding hydrogens is 437 g/mol. The number of fused-ring (bicyclic) bond motifs is 2. The van der Waals surface area contributed by atoms with E-state index in [1.807, 2.05) is 0 Å². The number of hydrogen-bond donors (Lipinski definition) is 4. The van der Waals surface area contributed by atoms with Gasteiger partial charge in [-0.25, -0.2) is 0 Å². The number of hydrogen-bond acceptors (Lipinski definition) is 7. The number of halogens is 2.